The second-order valence-corrected chi connectivity index (χ2v) is 32.4. The van der Waals surface area contributed by atoms with Crippen molar-refractivity contribution in [1.29, 1.82) is 0 Å². The van der Waals surface area contributed by atoms with Crippen molar-refractivity contribution in [3.63, 3.8) is 0 Å². The zero-order valence-electron chi connectivity index (χ0n) is 64.8. The van der Waals surface area contributed by atoms with Crippen LogP contribution in [0.2, 0.25) is 0 Å². The average Bonchev–Trinajstić information content (AvgIpc) is 1.33. The standard InChI is InChI=1S/C80H156O17P2/c1-7-10-12-14-16-18-20-22-23-24-25-26-29-33-37-41-45-53-59-65-80(85)96-75(68-90-77(82)62-56-50-43-39-36-32-30-27-28-31-34-38-42-48-54-60-72(4)5)70-94-98(86,87)92-66-74(81)67-93-99(88,89)95-71-76(69-91-78(83)63-57-51-47-46-49-55-61-73(6)9-3)97-79(84)64-58-52-44-40-35-21-19-17-15-13-11-8-2/h72-76,81H,7-71H2,1-6H3,(H,86,87)(H,88,89)/t73?,74-,75-,76-/m1/s1. The van der Waals surface area contributed by atoms with Gasteiger partial charge in [0.1, 0.15) is 19.3 Å². The molecule has 0 spiro atoms. The number of unbranched alkanes of at least 4 members (excludes halogenated alkanes) is 48. The molecule has 0 aliphatic carbocycles. The lowest BCUT2D eigenvalue weighted by Gasteiger charge is -2.21. The van der Waals surface area contributed by atoms with Crippen LogP contribution in [0.25, 0.3) is 0 Å². The Labute approximate surface area is 607 Å². The topological polar surface area (TPSA) is 237 Å². The van der Waals surface area contributed by atoms with Crippen LogP contribution in [0, 0.1) is 11.8 Å². The number of aliphatic hydroxyl groups is 1. The minimum absolute atomic E-state index is 0.107. The van der Waals surface area contributed by atoms with Gasteiger partial charge in [-0.3, -0.25) is 37.3 Å². The molecule has 0 amide bonds. The summed E-state index contributed by atoms with van der Waals surface area (Å²) >= 11 is 0. The third-order valence-electron chi connectivity index (χ3n) is 19.1. The van der Waals surface area contributed by atoms with Crippen molar-refractivity contribution in [2.45, 2.75) is 439 Å². The van der Waals surface area contributed by atoms with E-state index in [1.807, 2.05) is 0 Å². The Morgan fingerprint density at radius 1 is 0.293 bits per heavy atom. The van der Waals surface area contributed by atoms with Crippen LogP contribution in [0.5, 0.6) is 0 Å². The fourth-order valence-corrected chi connectivity index (χ4v) is 13.9. The molecule has 3 unspecified atom stereocenters. The average molecular weight is 1450 g/mol. The van der Waals surface area contributed by atoms with Gasteiger partial charge in [0.2, 0.25) is 0 Å². The van der Waals surface area contributed by atoms with Crippen molar-refractivity contribution >= 4 is 39.5 Å². The smallest absolute Gasteiger partial charge is 0.462 e. The molecule has 3 N–H and O–H groups in total. The summed E-state index contributed by atoms with van der Waals surface area (Å²) in [5.74, 6) is -0.573. The number of phosphoric ester groups is 2. The molecule has 588 valence electrons. The number of carbonyl (C=O) groups is 4. The van der Waals surface area contributed by atoms with Gasteiger partial charge in [-0.2, -0.15) is 0 Å². The van der Waals surface area contributed by atoms with Crippen LogP contribution in [0.15, 0.2) is 0 Å². The van der Waals surface area contributed by atoms with Gasteiger partial charge in [-0.25, -0.2) is 9.13 Å². The van der Waals surface area contributed by atoms with E-state index < -0.39 is 97.5 Å². The number of hydrogen-bond donors (Lipinski definition) is 3. The summed E-state index contributed by atoms with van der Waals surface area (Å²) in [5.41, 5.74) is 0. The summed E-state index contributed by atoms with van der Waals surface area (Å²) in [6, 6.07) is 0. The van der Waals surface area contributed by atoms with E-state index >= 15 is 0 Å². The molecule has 99 heavy (non-hydrogen) atoms. The highest BCUT2D eigenvalue weighted by atomic mass is 31.2. The van der Waals surface area contributed by atoms with Crippen molar-refractivity contribution in [3.05, 3.63) is 0 Å². The van der Waals surface area contributed by atoms with Gasteiger partial charge in [-0.15, -0.1) is 0 Å². The zero-order valence-corrected chi connectivity index (χ0v) is 66.6. The molecular weight excluding hydrogens is 1290 g/mol. The highest BCUT2D eigenvalue weighted by molar-refractivity contribution is 7.47. The fraction of sp³-hybridized carbons (Fsp3) is 0.950. The van der Waals surface area contributed by atoms with Gasteiger partial charge in [0.15, 0.2) is 12.2 Å². The first kappa shape index (κ1) is 97.1. The van der Waals surface area contributed by atoms with Gasteiger partial charge in [0, 0.05) is 25.7 Å². The van der Waals surface area contributed by atoms with E-state index in [0.29, 0.717) is 25.7 Å². The van der Waals surface area contributed by atoms with E-state index in [0.717, 1.165) is 108 Å². The first-order valence-corrected chi connectivity index (χ1v) is 44.5. The van der Waals surface area contributed by atoms with Crippen LogP contribution in [0.4, 0.5) is 0 Å². The van der Waals surface area contributed by atoms with Crippen LogP contribution in [-0.2, 0) is 65.4 Å². The van der Waals surface area contributed by atoms with E-state index in [-0.39, 0.29) is 25.7 Å². The van der Waals surface area contributed by atoms with E-state index in [2.05, 4.69) is 41.5 Å². The first-order valence-electron chi connectivity index (χ1n) is 41.5. The van der Waals surface area contributed by atoms with E-state index in [1.165, 1.54) is 231 Å². The molecule has 0 radical (unpaired) electrons. The van der Waals surface area contributed by atoms with E-state index in [9.17, 15) is 43.2 Å². The van der Waals surface area contributed by atoms with Crippen LogP contribution < -0.4 is 0 Å². The summed E-state index contributed by atoms with van der Waals surface area (Å²) in [6.07, 6.45) is 61.1. The third kappa shape index (κ3) is 72.8. The molecule has 0 heterocycles. The van der Waals surface area contributed by atoms with Gasteiger partial charge in [-0.1, -0.05) is 369 Å². The summed E-state index contributed by atoms with van der Waals surface area (Å²) < 4.78 is 68.7. The molecular formula is C80H156O17P2. The molecule has 0 fully saturated rings. The van der Waals surface area contributed by atoms with Crippen molar-refractivity contribution in [2.75, 3.05) is 39.6 Å². The van der Waals surface area contributed by atoms with E-state index in [4.69, 9.17) is 37.0 Å². The summed E-state index contributed by atoms with van der Waals surface area (Å²) in [7, 11) is -9.92. The van der Waals surface area contributed by atoms with Crippen molar-refractivity contribution in [3.8, 4) is 0 Å². The van der Waals surface area contributed by atoms with Gasteiger partial charge >= 0.3 is 39.5 Å². The first-order chi connectivity index (χ1) is 47.9. The number of hydrogen-bond acceptors (Lipinski definition) is 15. The monoisotopic (exact) mass is 1450 g/mol. The molecule has 0 saturated heterocycles. The van der Waals surface area contributed by atoms with Crippen LogP contribution in [0.3, 0.4) is 0 Å². The second kappa shape index (κ2) is 71.7. The predicted molar refractivity (Wildman–Crippen MR) is 405 cm³/mol. The Hall–Kier alpha value is -1.94. The minimum atomic E-state index is -4.96. The molecule has 0 aliphatic heterocycles. The lowest BCUT2D eigenvalue weighted by Crippen LogP contribution is -2.30. The third-order valence-corrected chi connectivity index (χ3v) is 21.0. The minimum Gasteiger partial charge on any atom is -0.462 e. The van der Waals surface area contributed by atoms with Crippen molar-refractivity contribution in [1.82, 2.24) is 0 Å². The highest BCUT2D eigenvalue weighted by Crippen LogP contribution is 2.45. The van der Waals surface area contributed by atoms with Crippen molar-refractivity contribution in [2.24, 2.45) is 11.8 Å². The van der Waals surface area contributed by atoms with E-state index in [1.54, 1.807) is 0 Å². The highest BCUT2D eigenvalue weighted by Gasteiger charge is 2.30. The number of esters is 4. The lowest BCUT2D eigenvalue weighted by molar-refractivity contribution is -0.161. The van der Waals surface area contributed by atoms with Gasteiger partial charge in [0.25, 0.3) is 0 Å². The molecule has 0 bridgehead atoms. The fourth-order valence-electron chi connectivity index (χ4n) is 12.3. The maximum absolute atomic E-state index is 13.1. The SMILES string of the molecule is CCCCCCCCCCCCCCCCCCCCCC(=O)O[C@H](COC(=O)CCCCCCCCCCCCCCCCCC(C)C)COP(=O)(O)OC[C@@H](O)COP(=O)(O)OC[C@@H](COC(=O)CCCCCCCCC(C)CC)OC(=O)CCCCCCCCCCCCCC. The number of ether oxygens (including phenoxy) is 4. The zero-order chi connectivity index (χ0) is 72.8. The molecule has 0 aromatic carbocycles. The number of phosphoric acid groups is 2. The number of aliphatic hydroxyl groups excluding tert-OH is 1. The molecule has 0 saturated carbocycles. The Morgan fingerprint density at radius 2 is 0.515 bits per heavy atom. The maximum Gasteiger partial charge on any atom is 0.472 e. The summed E-state index contributed by atoms with van der Waals surface area (Å²) in [4.78, 5) is 73.0. The Balaban J connectivity index is 5.23. The summed E-state index contributed by atoms with van der Waals surface area (Å²) in [6.45, 7) is 9.61. The van der Waals surface area contributed by atoms with Crippen LogP contribution in [0.1, 0.15) is 420 Å². The quantitative estimate of drug-likeness (QED) is 0.0222. The normalized spacial score (nSPS) is 14.2. The van der Waals surface area contributed by atoms with Crippen LogP contribution >= 0.6 is 15.6 Å². The molecule has 19 heteroatoms. The van der Waals surface area contributed by atoms with Gasteiger partial charge in [0.05, 0.1) is 26.4 Å². The Morgan fingerprint density at radius 3 is 0.768 bits per heavy atom. The molecule has 6 atom stereocenters. The molecule has 17 nitrogen and oxygen atoms in total. The largest absolute Gasteiger partial charge is 0.472 e. The molecule has 0 aromatic heterocycles. The lowest BCUT2D eigenvalue weighted by atomic mass is 10.00. The summed E-state index contributed by atoms with van der Waals surface area (Å²) in [5, 5.41) is 10.6. The second-order valence-electron chi connectivity index (χ2n) is 29.5. The molecule has 0 aliphatic rings. The van der Waals surface area contributed by atoms with Crippen molar-refractivity contribution < 1.29 is 80.2 Å². The molecule has 0 rings (SSSR count). The Bertz CT molecular complexity index is 1910. The van der Waals surface area contributed by atoms with Gasteiger partial charge in [-0.05, 0) is 37.5 Å². The maximum atomic E-state index is 13.1. The number of carbonyl (C=O) groups excluding carboxylic acids is 4. The number of rotatable bonds is 79. The molecule has 0 aromatic rings. The van der Waals surface area contributed by atoms with Gasteiger partial charge < -0.3 is 33.8 Å². The predicted octanol–water partition coefficient (Wildman–Crippen LogP) is 23.9. The Kier molecular flexibility index (Phi) is 70.3. The van der Waals surface area contributed by atoms with Crippen LogP contribution in [-0.4, -0.2) is 96.7 Å².